The summed E-state index contributed by atoms with van der Waals surface area (Å²) in [5.41, 5.74) is 0.308. The third-order valence-electron chi connectivity index (χ3n) is 7.96. The highest BCUT2D eigenvalue weighted by molar-refractivity contribution is 5.94. The van der Waals surface area contributed by atoms with Gasteiger partial charge in [-0.2, -0.15) is 0 Å². The van der Waals surface area contributed by atoms with Crippen LogP contribution in [-0.2, 0) is 0 Å². The molecule has 2 N–H and O–H groups in total. The minimum atomic E-state index is -0.299. The quantitative estimate of drug-likeness (QED) is 0.609. The number of pyridine rings is 2. The molecule has 4 aliphatic rings. The number of nitrogens with zero attached hydrogens (tertiary/aromatic N) is 4. The van der Waals surface area contributed by atoms with E-state index in [1.165, 1.54) is 6.42 Å². The van der Waals surface area contributed by atoms with Gasteiger partial charge < -0.3 is 20.4 Å². The summed E-state index contributed by atoms with van der Waals surface area (Å²) in [4.78, 5) is 39.5. The number of nitrogens with one attached hydrogen (secondary N) is 2. The smallest absolute Gasteiger partial charge is 0.270 e. The van der Waals surface area contributed by atoms with E-state index >= 15 is 0 Å². The van der Waals surface area contributed by atoms with Crippen molar-refractivity contribution >= 4 is 17.6 Å². The number of rotatable bonds is 8. The third kappa shape index (κ3) is 5.03. The van der Waals surface area contributed by atoms with Crippen LogP contribution in [0.2, 0.25) is 0 Å². The van der Waals surface area contributed by atoms with Gasteiger partial charge in [-0.25, -0.2) is 4.98 Å². The van der Waals surface area contributed by atoms with E-state index < -0.39 is 0 Å². The monoisotopic (exact) mass is 476 g/mol. The zero-order valence-electron chi connectivity index (χ0n) is 21.0. The lowest BCUT2D eigenvalue weighted by Crippen LogP contribution is -2.69. The SMILES string of the molecule is CN(C)CCN(C)c1cccc(C(=O)NC23CC4CC(CC(NC(=O)c5ccccn5)(C4)C2)C3)n1. The van der Waals surface area contributed by atoms with Gasteiger partial charge in [0.15, 0.2) is 0 Å². The molecule has 2 aromatic heterocycles. The fraction of sp³-hybridized carbons (Fsp3) is 0.556. The summed E-state index contributed by atoms with van der Waals surface area (Å²) in [5.74, 6) is 1.57. The number of carbonyl (C=O) groups excluding carboxylic acids is 2. The van der Waals surface area contributed by atoms with Crippen LogP contribution in [0, 0.1) is 11.8 Å². The highest BCUT2D eigenvalue weighted by atomic mass is 16.2. The van der Waals surface area contributed by atoms with Crippen LogP contribution < -0.4 is 15.5 Å². The lowest BCUT2D eigenvalue weighted by molar-refractivity contribution is -0.0449. The fourth-order valence-corrected chi connectivity index (χ4v) is 6.89. The standard InChI is InChI=1S/C27H36N6O2/c1-32(2)11-12-33(3)23-9-6-8-22(29-23)25(35)31-27-16-19-13-20(17-27)15-26(14-19,18-27)30-24(34)21-7-4-5-10-28-21/h4-10,19-20H,11-18H2,1-3H3,(H,30,34)(H,31,35). The van der Waals surface area contributed by atoms with Crippen LogP contribution in [0.4, 0.5) is 5.82 Å². The molecule has 8 nitrogen and oxygen atoms in total. The lowest BCUT2D eigenvalue weighted by atomic mass is 9.49. The molecule has 4 aliphatic carbocycles. The first-order valence-electron chi connectivity index (χ1n) is 12.6. The van der Waals surface area contributed by atoms with Gasteiger partial charge in [-0.3, -0.25) is 14.6 Å². The molecule has 4 bridgehead atoms. The second-order valence-electron chi connectivity index (χ2n) is 11.3. The van der Waals surface area contributed by atoms with Gasteiger partial charge >= 0.3 is 0 Å². The number of hydrogen-bond acceptors (Lipinski definition) is 6. The van der Waals surface area contributed by atoms with Crippen molar-refractivity contribution in [1.82, 2.24) is 25.5 Å². The van der Waals surface area contributed by atoms with E-state index in [1.54, 1.807) is 18.3 Å². The molecule has 8 heteroatoms. The van der Waals surface area contributed by atoms with Gasteiger partial charge in [0, 0.05) is 37.4 Å². The van der Waals surface area contributed by atoms with Gasteiger partial charge in [-0.1, -0.05) is 12.1 Å². The first-order valence-corrected chi connectivity index (χ1v) is 12.6. The Morgan fingerprint density at radius 1 is 0.886 bits per heavy atom. The Hall–Kier alpha value is -3.00. The molecule has 4 fully saturated rings. The minimum Gasteiger partial charge on any atom is -0.358 e. The summed E-state index contributed by atoms with van der Waals surface area (Å²) >= 11 is 0. The average molecular weight is 477 g/mol. The molecule has 2 unspecified atom stereocenters. The van der Waals surface area contributed by atoms with E-state index in [-0.39, 0.29) is 22.9 Å². The molecule has 2 aromatic rings. The predicted molar refractivity (Wildman–Crippen MR) is 135 cm³/mol. The Balaban J connectivity index is 1.31. The van der Waals surface area contributed by atoms with E-state index in [2.05, 4.69) is 30.4 Å². The van der Waals surface area contributed by atoms with Gasteiger partial charge in [-0.15, -0.1) is 0 Å². The van der Waals surface area contributed by atoms with Crippen LogP contribution in [0.25, 0.3) is 0 Å². The lowest BCUT2D eigenvalue weighted by Gasteiger charge is -2.62. The molecular formula is C27H36N6O2. The number of anilines is 1. The molecule has 4 saturated carbocycles. The molecule has 2 amide bonds. The summed E-state index contributed by atoms with van der Waals surface area (Å²) in [7, 11) is 6.09. The summed E-state index contributed by atoms with van der Waals surface area (Å²) in [6, 6.07) is 11.0. The van der Waals surface area contributed by atoms with Crippen LogP contribution in [0.5, 0.6) is 0 Å². The van der Waals surface area contributed by atoms with E-state index in [4.69, 9.17) is 0 Å². The van der Waals surface area contributed by atoms with Gasteiger partial charge in [0.2, 0.25) is 0 Å². The van der Waals surface area contributed by atoms with Gasteiger partial charge in [0.1, 0.15) is 17.2 Å². The number of likely N-dealkylation sites (N-methyl/N-ethyl adjacent to an activating group) is 2. The fourth-order valence-electron chi connectivity index (χ4n) is 6.89. The van der Waals surface area contributed by atoms with Gasteiger partial charge in [-0.05, 0) is 88.7 Å². The molecule has 0 saturated heterocycles. The van der Waals surface area contributed by atoms with E-state index in [1.807, 2.05) is 45.4 Å². The molecule has 35 heavy (non-hydrogen) atoms. The topological polar surface area (TPSA) is 90.5 Å². The Kier molecular flexibility index (Phi) is 6.25. The molecule has 0 spiro atoms. The Bertz CT molecular complexity index is 1070. The normalized spacial score (nSPS) is 28.7. The van der Waals surface area contributed by atoms with Crippen LogP contribution >= 0.6 is 0 Å². The Labute approximate surface area is 207 Å². The van der Waals surface area contributed by atoms with Crippen molar-refractivity contribution in [2.75, 3.05) is 39.1 Å². The Morgan fingerprint density at radius 2 is 1.51 bits per heavy atom. The number of aromatic nitrogens is 2. The van der Waals surface area contributed by atoms with Crippen LogP contribution in [0.1, 0.15) is 59.5 Å². The van der Waals surface area contributed by atoms with E-state index in [0.29, 0.717) is 23.2 Å². The molecule has 0 radical (unpaired) electrons. The maximum absolute atomic E-state index is 13.4. The average Bonchev–Trinajstić information content (AvgIpc) is 2.81. The molecule has 0 aliphatic heterocycles. The molecular weight excluding hydrogens is 440 g/mol. The summed E-state index contributed by atoms with van der Waals surface area (Å²) in [5, 5.41) is 6.75. The molecule has 0 aromatic carbocycles. The van der Waals surface area contributed by atoms with Crippen molar-refractivity contribution in [3.8, 4) is 0 Å². The molecule has 2 heterocycles. The van der Waals surface area contributed by atoms with Crippen molar-refractivity contribution in [3.63, 3.8) is 0 Å². The highest BCUT2D eigenvalue weighted by Gasteiger charge is 2.58. The van der Waals surface area contributed by atoms with Crippen molar-refractivity contribution in [1.29, 1.82) is 0 Å². The second kappa shape index (κ2) is 9.22. The van der Waals surface area contributed by atoms with Crippen molar-refractivity contribution < 1.29 is 9.59 Å². The number of carbonyl (C=O) groups is 2. The minimum absolute atomic E-state index is 0.121. The molecule has 6 rings (SSSR count). The van der Waals surface area contributed by atoms with Crippen molar-refractivity contribution in [2.45, 2.75) is 49.6 Å². The first-order chi connectivity index (χ1) is 16.7. The number of amides is 2. The largest absolute Gasteiger partial charge is 0.358 e. The first kappa shape index (κ1) is 23.7. The van der Waals surface area contributed by atoms with Crippen LogP contribution in [0.15, 0.2) is 42.6 Å². The van der Waals surface area contributed by atoms with Crippen molar-refractivity contribution in [3.05, 3.63) is 54.0 Å². The van der Waals surface area contributed by atoms with Crippen LogP contribution in [-0.4, -0.2) is 72.0 Å². The third-order valence-corrected chi connectivity index (χ3v) is 7.96. The summed E-state index contributed by atoms with van der Waals surface area (Å²) in [6.45, 7) is 1.74. The second-order valence-corrected chi connectivity index (χ2v) is 11.3. The van der Waals surface area contributed by atoms with Crippen molar-refractivity contribution in [2.24, 2.45) is 11.8 Å². The summed E-state index contributed by atoms with van der Waals surface area (Å²) in [6.07, 6.45) is 7.49. The van der Waals surface area contributed by atoms with E-state index in [0.717, 1.165) is 51.0 Å². The highest BCUT2D eigenvalue weighted by Crippen LogP contribution is 2.57. The molecule has 186 valence electrons. The summed E-state index contributed by atoms with van der Waals surface area (Å²) < 4.78 is 0. The molecule has 2 atom stereocenters. The van der Waals surface area contributed by atoms with Gasteiger partial charge in [0.05, 0.1) is 0 Å². The Morgan fingerprint density at radius 3 is 2.11 bits per heavy atom. The maximum Gasteiger partial charge on any atom is 0.270 e. The zero-order chi connectivity index (χ0) is 24.6. The van der Waals surface area contributed by atoms with E-state index in [9.17, 15) is 9.59 Å². The zero-order valence-corrected chi connectivity index (χ0v) is 21.0. The van der Waals surface area contributed by atoms with Gasteiger partial charge in [0.25, 0.3) is 11.8 Å². The van der Waals surface area contributed by atoms with Crippen LogP contribution in [0.3, 0.4) is 0 Å². The predicted octanol–water partition coefficient (Wildman–Crippen LogP) is 2.73. The number of hydrogen-bond donors (Lipinski definition) is 2. The maximum atomic E-state index is 13.4.